The molecule has 0 heterocycles. The number of benzene rings is 1. The van der Waals surface area contributed by atoms with Crippen LogP contribution in [0.25, 0.3) is 0 Å². The predicted molar refractivity (Wildman–Crippen MR) is 89.1 cm³/mol. The number of rotatable bonds is 7. The smallest absolute Gasteiger partial charge is 0.0691 e. The molecule has 0 aromatic heterocycles. The zero-order valence-electron chi connectivity index (χ0n) is 12.6. The Balaban J connectivity index is 1.79. The summed E-state index contributed by atoms with van der Waals surface area (Å²) in [7, 11) is 0. The van der Waals surface area contributed by atoms with Gasteiger partial charge in [-0.15, -0.1) is 0 Å². The van der Waals surface area contributed by atoms with Gasteiger partial charge in [0, 0.05) is 10.9 Å². The van der Waals surface area contributed by atoms with Crippen LogP contribution in [-0.2, 0) is 12.8 Å². The normalized spacial score (nSPS) is 21.8. The summed E-state index contributed by atoms with van der Waals surface area (Å²) < 4.78 is 1.15. The summed E-state index contributed by atoms with van der Waals surface area (Å²) in [5, 5.41) is 10.8. The summed E-state index contributed by atoms with van der Waals surface area (Å²) in [6, 6.07) is 6.47. The zero-order chi connectivity index (χ0) is 14.4. The first-order valence-electron chi connectivity index (χ1n) is 8.13. The number of hydrogen-bond donors (Lipinski definition) is 1. The quantitative estimate of drug-likeness (QED) is 0.658. The molecule has 0 saturated heterocycles. The average molecular weight is 339 g/mol. The fraction of sp³-hybridized carbons (Fsp3) is 0.667. The van der Waals surface area contributed by atoms with Gasteiger partial charge in [-0.3, -0.25) is 0 Å². The van der Waals surface area contributed by atoms with Gasteiger partial charge >= 0.3 is 0 Å². The fourth-order valence-electron chi connectivity index (χ4n) is 3.26. The number of unbranched alkanes of at least 4 members (excludes halogenated alkanes) is 5. The highest BCUT2D eigenvalue weighted by atomic mass is 79.9. The van der Waals surface area contributed by atoms with Crippen molar-refractivity contribution in [3.05, 3.63) is 33.8 Å². The van der Waals surface area contributed by atoms with Crippen LogP contribution in [0, 0.1) is 0 Å². The van der Waals surface area contributed by atoms with Gasteiger partial charge in [-0.05, 0) is 42.5 Å². The van der Waals surface area contributed by atoms with E-state index in [0.717, 1.165) is 30.2 Å². The van der Waals surface area contributed by atoms with E-state index in [2.05, 4.69) is 41.1 Å². The van der Waals surface area contributed by atoms with Gasteiger partial charge in [-0.2, -0.15) is 0 Å². The lowest BCUT2D eigenvalue weighted by atomic mass is 9.78. The first-order chi connectivity index (χ1) is 9.63. The molecule has 112 valence electrons. The van der Waals surface area contributed by atoms with E-state index in [4.69, 9.17) is 0 Å². The highest BCUT2D eigenvalue weighted by molar-refractivity contribution is 9.10. The van der Waals surface area contributed by atoms with Gasteiger partial charge in [-0.25, -0.2) is 0 Å². The maximum atomic E-state index is 10.8. The summed E-state index contributed by atoms with van der Waals surface area (Å²) in [4.78, 5) is 0. The van der Waals surface area contributed by atoms with E-state index in [1.54, 1.807) is 0 Å². The zero-order valence-corrected chi connectivity index (χ0v) is 14.2. The van der Waals surface area contributed by atoms with Gasteiger partial charge in [0.05, 0.1) is 5.60 Å². The van der Waals surface area contributed by atoms with E-state index in [-0.39, 0.29) is 0 Å². The Kier molecular flexibility index (Phi) is 6.10. The molecule has 0 amide bonds. The first kappa shape index (κ1) is 16.0. The maximum absolute atomic E-state index is 10.8. The second kappa shape index (κ2) is 7.61. The summed E-state index contributed by atoms with van der Waals surface area (Å²) >= 11 is 3.53. The van der Waals surface area contributed by atoms with Gasteiger partial charge < -0.3 is 5.11 Å². The molecule has 1 N–H and O–H groups in total. The van der Waals surface area contributed by atoms with E-state index >= 15 is 0 Å². The second-order valence-electron chi connectivity index (χ2n) is 6.33. The monoisotopic (exact) mass is 338 g/mol. The molecule has 1 aliphatic rings. The highest BCUT2D eigenvalue weighted by Gasteiger charge is 2.31. The molecule has 0 radical (unpaired) electrons. The Labute approximate surface area is 131 Å². The van der Waals surface area contributed by atoms with E-state index in [9.17, 15) is 5.11 Å². The molecule has 0 bridgehead atoms. The Morgan fingerprint density at radius 2 is 1.85 bits per heavy atom. The molecule has 1 atom stereocenters. The van der Waals surface area contributed by atoms with Crippen molar-refractivity contribution < 1.29 is 5.11 Å². The Morgan fingerprint density at radius 3 is 2.65 bits per heavy atom. The van der Waals surface area contributed by atoms with Crippen molar-refractivity contribution in [1.82, 2.24) is 0 Å². The third kappa shape index (κ3) is 4.60. The topological polar surface area (TPSA) is 20.2 Å². The fourth-order valence-corrected chi connectivity index (χ4v) is 3.67. The molecule has 1 aliphatic carbocycles. The van der Waals surface area contributed by atoms with Gasteiger partial charge in [0.15, 0.2) is 0 Å². The van der Waals surface area contributed by atoms with E-state index in [0.29, 0.717) is 0 Å². The molecule has 0 fully saturated rings. The molecule has 1 unspecified atom stereocenters. The summed E-state index contributed by atoms with van der Waals surface area (Å²) in [6.45, 7) is 2.25. The molecule has 2 heteroatoms. The largest absolute Gasteiger partial charge is 0.390 e. The van der Waals surface area contributed by atoms with Gasteiger partial charge in [0.2, 0.25) is 0 Å². The first-order valence-corrected chi connectivity index (χ1v) is 8.92. The van der Waals surface area contributed by atoms with E-state index in [1.165, 1.54) is 49.7 Å². The van der Waals surface area contributed by atoms with Crippen molar-refractivity contribution in [1.29, 1.82) is 0 Å². The molecular weight excluding hydrogens is 312 g/mol. The Morgan fingerprint density at radius 1 is 1.10 bits per heavy atom. The molecule has 1 aromatic carbocycles. The standard InChI is InChI=1S/C18H27BrO/c1-2-3-4-5-6-7-11-18(20)12-10-15-13-17(19)9-8-16(15)14-18/h8-9,13,20H,2-7,10-12,14H2,1H3. The van der Waals surface area contributed by atoms with Crippen molar-refractivity contribution in [2.45, 2.75) is 76.7 Å². The van der Waals surface area contributed by atoms with Crippen LogP contribution >= 0.6 is 15.9 Å². The van der Waals surface area contributed by atoms with Crippen LogP contribution in [0.15, 0.2) is 22.7 Å². The number of hydrogen-bond acceptors (Lipinski definition) is 1. The SMILES string of the molecule is CCCCCCCCC1(O)CCc2cc(Br)ccc2C1. The molecule has 1 aromatic rings. The molecule has 0 saturated carbocycles. The minimum absolute atomic E-state index is 0.453. The summed E-state index contributed by atoms with van der Waals surface area (Å²) in [5.74, 6) is 0. The average Bonchev–Trinajstić information content (AvgIpc) is 2.43. The number of aliphatic hydroxyl groups is 1. The molecular formula is C18H27BrO. The second-order valence-corrected chi connectivity index (χ2v) is 7.25. The van der Waals surface area contributed by atoms with Gasteiger partial charge in [0.1, 0.15) is 0 Å². The van der Waals surface area contributed by atoms with Crippen LogP contribution in [0.5, 0.6) is 0 Å². The lowest BCUT2D eigenvalue weighted by Crippen LogP contribution is -2.35. The van der Waals surface area contributed by atoms with Gasteiger partial charge in [0.25, 0.3) is 0 Å². The van der Waals surface area contributed by atoms with Crippen LogP contribution in [-0.4, -0.2) is 10.7 Å². The minimum Gasteiger partial charge on any atom is -0.390 e. The van der Waals surface area contributed by atoms with Crippen LogP contribution < -0.4 is 0 Å². The predicted octanol–water partition coefficient (Wildman–Crippen LogP) is 5.42. The molecule has 0 spiro atoms. The van der Waals surface area contributed by atoms with Crippen LogP contribution in [0.1, 0.15) is 69.4 Å². The highest BCUT2D eigenvalue weighted by Crippen LogP contribution is 2.33. The minimum atomic E-state index is -0.453. The van der Waals surface area contributed by atoms with Crippen LogP contribution in [0.3, 0.4) is 0 Å². The molecule has 2 rings (SSSR count). The molecule has 1 nitrogen and oxygen atoms in total. The summed E-state index contributed by atoms with van der Waals surface area (Å²) in [5.41, 5.74) is 2.30. The van der Waals surface area contributed by atoms with Crippen molar-refractivity contribution in [2.24, 2.45) is 0 Å². The Hall–Kier alpha value is -0.340. The molecule has 0 aliphatic heterocycles. The van der Waals surface area contributed by atoms with Crippen molar-refractivity contribution >= 4 is 15.9 Å². The van der Waals surface area contributed by atoms with E-state index in [1.807, 2.05) is 0 Å². The molecule has 20 heavy (non-hydrogen) atoms. The van der Waals surface area contributed by atoms with Crippen molar-refractivity contribution in [3.63, 3.8) is 0 Å². The van der Waals surface area contributed by atoms with Crippen LogP contribution in [0.2, 0.25) is 0 Å². The van der Waals surface area contributed by atoms with Crippen molar-refractivity contribution in [2.75, 3.05) is 0 Å². The third-order valence-electron chi connectivity index (χ3n) is 4.54. The van der Waals surface area contributed by atoms with E-state index < -0.39 is 5.60 Å². The Bertz CT molecular complexity index is 429. The summed E-state index contributed by atoms with van der Waals surface area (Å²) in [6.07, 6.45) is 11.5. The number of halogens is 1. The maximum Gasteiger partial charge on any atom is 0.0691 e. The lowest BCUT2D eigenvalue weighted by Gasteiger charge is -2.33. The lowest BCUT2D eigenvalue weighted by molar-refractivity contribution is 0.0154. The van der Waals surface area contributed by atoms with Crippen LogP contribution in [0.4, 0.5) is 0 Å². The van der Waals surface area contributed by atoms with Crippen molar-refractivity contribution in [3.8, 4) is 0 Å². The number of fused-ring (bicyclic) bond motifs is 1. The van der Waals surface area contributed by atoms with Gasteiger partial charge in [-0.1, -0.05) is 67.4 Å². The number of aryl methyl sites for hydroxylation is 1. The third-order valence-corrected chi connectivity index (χ3v) is 5.04.